The van der Waals surface area contributed by atoms with Gasteiger partial charge in [-0.05, 0) is 50.2 Å². The van der Waals surface area contributed by atoms with Gasteiger partial charge in [0, 0.05) is 42.2 Å². The van der Waals surface area contributed by atoms with Gasteiger partial charge in [-0.25, -0.2) is 9.97 Å². The molecule has 0 aliphatic rings. The Morgan fingerprint density at radius 3 is 1.80 bits per heavy atom. The highest BCUT2D eigenvalue weighted by molar-refractivity contribution is 7.26. The average Bonchev–Trinajstić information content (AvgIpc) is 3.56. The predicted molar refractivity (Wildman–Crippen MR) is 209 cm³/mol. The monoisotopic (exact) mass is 640 g/mol. The van der Waals surface area contributed by atoms with Crippen LogP contribution in [0.5, 0.6) is 0 Å². The first-order valence-electron chi connectivity index (χ1n) is 16.6. The molecule has 0 spiro atoms. The predicted octanol–water partition coefficient (Wildman–Crippen LogP) is 13.0. The van der Waals surface area contributed by atoms with E-state index in [1.807, 2.05) is 17.4 Å². The van der Waals surface area contributed by atoms with Crippen molar-refractivity contribution in [2.75, 3.05) is 0 Å². The third kappa shape index (κ3) is 4.47. The molecule has 0 atom stereocenters. The fraction of sp³-hybridized carbons (Fsp3) is 0. The van der Waals surface area contributed by atoms with Crippen LogP contribution in [-0.2, 0) is 0 Å². The lowest BCUT2D eigenvalue weighted by atomic mass is 9.85. The maximum Gasteiger partial charge on any atom is 0.160 e. The molecular formula is C46H28N2S. The van der Waals surface area contributed by atoms with E-state index in [4.69, 9.17) is 9.97 Å². The molecule has 0 radical (unpaired) electrons. The van der Waals surface area contributed by atoms with Crippen LogP contribution in [0, 0.1) is 0 Å². The zero-order chi connectivity index (χ0) is 32.3. The zero-order valence-corrected chi connectivity index (χ0v) is 27.3. The summed E-state index contributed by atoms with van der Waals surface area (Å²) in [5.74, 6) is 0.718. The first-order valence-corrected chi connectivity index (χ1v) is 17.4. The Kier molecular flexibility index (Phi) is 6.39. The lowest BCUT2D eigenvalue weighted by molar-refractivity contribution is 1.19. The maximum atomic E-state index is 5.42. The van der Waals surface area contributed by atoms with E-state index >= 15 is 0 Å². The summed E-state index contributed by atoms with van der Waals surface area (Å²) in [4.78, 5) is 10.7. The maximum absolute atomic E-state index is 5.42. The zero-order valence-electron chi connectivity index (χ0n) is 26.5. The molecular weight excluding hydrogens is 613 g/mol. The molecule has 8 aromatic carbocycles. The molecule has 49 heavy (non-hydrogen) atoms. The second-order valence-corrected chi connectivity index (χ2v) is 13.5. The summed E-state index contributed by atoms with van der Waals surface area (Å²) in [6.45, 7) is 0. The minimum absolute atomic E-state index is 0.718. The van der Waals surface area contributed by atoms with Gasteiger partial charge in [0.05, 0.1) is 11.4 Å². The molecule has 0 unspecified atom stereocenters. The van der Waals surface area contributed by atoms with Crippen molar-refractivity contribution < 1.29 is 0 Å². The second kappa shape index (κ2) is 11.2. The van der Waals surface area contributed by atoms with Gasteiger partial charge in [-0.3, -0.25) is 0 Å². The normalized spacial score (nSPS) is 11.7. The van der Waals surface area contributed by atoms with E-state index in [1.165, 1.54) is 63.6 Å². The van der Waals surface area contributed by atoms with Crippen LogP contribution in [0.1, 0.15) is 0 Å². The molecule has 0 saturated carbocycles. The molecule has 2 heterocycles. The van der Waals surface area contributed by atoms with Crippen LogP contribution < -0.4 is 0 Å². The molecule has 3 heteroatoms. The lowest BCUT2D eigenvalue weighted by Gasteiger charge is -2.19. The molecule has 2 nitrogen and oxygen atoms in total. The number of hydrogen-bond donors (Lipinski definition) is 0. The topological polar surface area (TPSA) is 25.8 Å². The Labute approximate surface area is 287 Å². The van der Waals surface area contributed by atoms with Crippen LogP contribution in [0.4, 0.5) is 0 Å². The van der Waals surface area contributed by atoms with E-state index in [1.54, 1.807) is 0 Å². The van der Waals surface area contributed by atoms with Gasteiger partial charge in [0.2, 0.25) is 0 Å². The number of aromatic nitrogens is 2. The van der Waals surface area contributed by atoms with Crippen LogP contribution in [-0.4, -0.2) is 9.97 Å². The van der Waals surface area contributed by atoms with Crippen LogP contribution >= 0.6 is 11.3 Å². The Balaban J connectivity index is 1.37. The Morgan fingerprint density at radius 1 is 0.388 bits per heavy atom. The van der Waals surface area contributed by atoms with Gasteiger partial charge in [-0.1, -0.05) is 158 Å². The van der Waals surface area contributed by atoms with Crippen molar-refractivity contribution in [1.29, 1.82) is 0 Å². The van der Waals surface area contributed by atoms with Crippen LogP contribution in [0.15, 0.2) is 170 Å². The molecule has 10 rings (SSSR count). The van der Waals surface area contributed by atoms with Gasteiger partial charge >= 0.3 is 0 Å². The van der Waals surface area contributed by atoms with Gasteiger partial charge in [-0.15, -0.1) is 11.3 Å². The molecule has 0 amide bonds. The summed E-state index contributed by atoms with van der Waals surface area (Å²) < 4.78 is 2.52. The van der Waals surface area contributed by atoms with Crippen molar-refractivity contribution in [3.05, 3.63) is 170 Å². The minimum atomic E-state index is 0.718. The summed E-state index contributed by atoms with van der Waals surface area (Å²) in [5.41, 5.74) is 7.53. The van der Waals surface area contributed by atoms with Crippen LogP contribution in [0.25, 0.3) is 97.5 Å². The molecule has 0 fully saturated rings. The highest BCUT2D eigenvalue weighted by Crippen LogP contribution is 2.47. The molecule has 0 aliphatic carbocycles. The van der Waals surface area contributed by atoms with Crippen molar-refractivity contribution in [2.45, 2.75) is 0 Å². The number of benzene rings is 8. The van der Waals surface area contributed by atoms with Crippen molar-refractivity contribution in [3.8, 4) is 45.0 Å². The number of fused-ring (bicyclic) bond motifs is 7. The SMILES string of the molecule is c1ccc(-c2nc(-c3cccc4c3sc3ccccc34)cc(-c3c4ccccc4c(-c4ccccc4)c4ccc5ccccc5c34)n2)cc1. The van der Waals surface area contributed by atoms with E-state index in [-0.39, 0.29) is 0 Å². The molecule has 2 aromatic heterocycles. The van der Waals surface area contributed by atoms with Gasteiger partial charge < -0.3 is 0 Å². The van der Waals surface area contributed by atoms with Gasteiger partial charge in [0.15, 0.2) is 5.82 Å². The van der Waals surface area contributed by atoms with Crippen molar-refractivity contribution in [2.24, 2.45) is 0 Å². The van der Waals surface area contributed by atoms with E-state index in [0.717, 1.165) is 33.9 Å². The number of nitrogens with zero attached hydrogens (tertiary/aromatic N) is 2. The van der Waals surface area contributed by atoms with Gasteiger partial charge in [0.25, 0.3) is 0 Å². The molecule has 0 N–H and O–H groups in total. The molecule has 0 saturated heterocycles. The van der Waals surface area contributed by atoms with Gasteiger partial charge in [-0.2, -0.15) is 0 Å². The van der Waals surface area contributed by atoms with E-state index in [2.05, 4.69) is 164 Å². The molecule has 228 valence electrons. The van der Waals surface area contributed by atoms with Crippen LogP contribution in [0.3, 0.4) is 0 Å². The first kappa shape index (κ1) is 27.9. The standard InChI is InChI=1S/C46H28N2S/c1-3-15-30(16-4-1)42-34-21-9-10-22-35(34)44(43-32-19-8-7-14-29(32)26-27-38(42)43)40-28-39(47-46(48-40)31-17-5-2-6-18-31)37-24-13-23-36-33-20-11-12-25-41(33)49-45(36)37/h1-28H. The summed E-state index contributed by atoms with van der Waals surface area (Å²) in [7, 11) is 0. The number of thiophene rings is 1. The second-order valence-electron chi connectivity index (χ2n) is 12.5. The largest absolute Gasteiger partial charge is 0.228 e. The third-order valence-electron chi connectivity index (χ3n) is 9.67. The summed E-state index contributed by atoms with van der Waals surface area (Å²) in [5, 5.41) is 9.76. The Hall–Kier alpha value is -6.16. The number of hydrogen-bond acceptors (Lipinski definition) is 3. The Morgan fingerprint density at radius 2 is 1.00 bits per heavy atom. The van der Waals surface area contributed by atoms with Gasteiger partial charge in [0.1, 0.15) is 0 Å². The fourth-order valence-electron chi connectivity index (χ4n) is 7.51. The fourth-order valence-corrected chi connectivity index (χ4v) is 8.73. The molecule has 0 bridgehead atoms. The third-order valence-corrected chi connectivity index (χ3v) is 10.9. The minimum Gasteiger partial charge on any atom is -0.228 e. The average molecular weight is 641 g/mol. The Bertz CT molecular complexity index is 2870. The summed E-state index contributed by atoms with van der Waals surface area (Å²) in [6, 6.07) is 60.7. The summed E-state index contributed by atoms with van der Waals surface area (Å²) in [6.07, 6.45) is 0. The number of rotatable bonds is 4. The summed E-state index contributed by atoms with van der Waals surface area (Å²) >= 11 is 1.83. The smallest absolute Gasteiger partial charge is 0.160 e. The van der Waals surface area contributed by atoms with E-state index < -0.39 is 0 Å². The molecule has 0 aliphatic heterocycles. The molecule has 10 aromatic rings. The first-order chi connectivity index (χ1) is 24.3. The quantitative estimate of drug-likeness (QED) is 0.141. The van der Waals surface area contributed by atoms with Crippen LogP contribution in [0.2, 0.25) is 0 Å². The van der Waals surface area contributed by atoms with Crippen molar-refractivity contribution in [1.82, 2.24) is 9.97 Å². The van der Waals surface area contributed by atoms with Crippen molar-refractivity contribution >= 4 is 63.8 Å². The van der Waals surface area contributed by atoms with Crippen molar-refractivity contribution in [3.63, 3.8) is 0 Å². The lowest BCUT2D eigenvalue weighted by Crippen LogP contribution is -1.98. The highest BCUT2D eigenvalue weighted by Gasteiger charge is 2.22. The highest BCUT2D eigenvalue weighted by atomic mass is 32.1. The van der Waals surface area contributed by atoms with E-state index in [0.29, 0.717) is 0 Å². The van der Waals surface area contributed by atoms with E-state index in [9.17, 15) is 0 Å².